The molecule has 0 radical (unpaired) electrons. The fraction of sp³-hybridized carbons (Fsp3) is 0.607. The van der Waals surface area contributed by atoms with E-state index in [2.05, 4.69) is 15.3 Å². The van der Waals surface area contributed by atoms with Crippen molar-refractivity contribution in [3.63, 3.8) is 0 Å². The number of hydrogen-bond donors (Lipinski definition) is 2. The monoisotopic (exact) mass is 531 g/mol. The molecular formula is C28H36F3N5O2. The summed E-state index contributed by atoms with van der Waals surface area (Å²) in [6, 6.07) is 6.52. The molecule has 1 atom stereocenters. The number of halogens is 3. The lowest BCUT2D eigenvalue weighted by Crippen LogP contribution is -2.46. The van der Waals surface area contributed by atoms with Crippen LogP contribution in [0.4, 0.5) is 19.0 Å². The van der Waals surface area contributed by atoms with Crippen molar-refractivity contribution in [2.24, 2.45) is 5.92 Å². The van der Waals surface area contributed by atoms with E-state index in [1.165, 1.54) is 6.20 Å². The molecule has 7 nitrogen and oxygen atoms in total. The summed E-state index contributed by atoms with van der Waals surface area (Å²) in [6.07, 6.45) is 3.76. The average Bonchev–Trinajstić information content (AvgIpc) is 3.38. The molecule has 0 unspecified atom stereocenters. The fourth-order valence-corrected chi connectivity index (χ4v) is 6.07. The Morgan fingerprint density at radius 1 is 1.03 bits per heavy atom. The smallest absolute Gasteiger partial charge is 0.384 e. The largest absolute Gasteiger partial charge is 0.416 e. The number of carbonyl (C=O) groups excluding carboxylic acids is 1. The van der Waals surface area contributed by atoms with Crippen LogP contribution in [0.15, 0.2) is 36.7 Å². The Morgan fingerprint density at radius 2 is 1.76 bits per heavy atom. The number of amides is 1. The van der Waals surface area contributed by atoms with Crippen LogP contribution in [-0.4, -0.2) is 64.1 Å². The van der Waals surface area contributed by atoms with Gasteiger partial charge >= 0.3 is 6.18 Å². The number of hydrogen-bond acceptors (Lipinski definition) is 6. The Labute approximate surface area is 221 Å². The lowest BCUT2D eigenvalue weighted by molar-refractivity contribution is -0.137. The highest BCUT2D eigenvalue weighted by molar-refractivity contribution is 5.79. The summed E-state index contributed by atoms with van der Waals surface area (Å²) >= 11 is 0. The molecule has 3 fully saturated rings. The van der Waals surface area contributed by atoms with E-state index in [1.54, 1.807) is 6.20 Å². The van der Waals surface area contributed by atoms with Gasteiger partial charge in [-0.15, -0.1) is 0 Å². The number of aliphatic hydroxyl groups is 1. The third-order valence-electron chi connectivity index (χ3n) is 8.41. The van der Waals surface area contributed by atoms with Gasteiger partial charge in [-0.2, -0.15) is 13.2 Å². The lowest BCUT2D eigenvalue weighted by atomic mass is 9.79. The number of anilines is 1. The van der Waals surface area contributed by atoms with Gasteiger partial charge in [0.25, 0.3) is 0 Å². The zero-order chi connectivity index (χ0) is 26.9. The van der Waals surface area contributed by atoms with Crippen LogP contribution in [0.3, 0.4) is 0 Å². The van der Waals surface area contributed by atoms with Crippen molar-refractivity contribution < 1.29 is 23.1 Å². The number of nitrogens with zero attached hydrogens (tertiary/aromatic N) is 4. The summed E-state index contributed by atoms with van der Waals surface area (Å²) in [5.41, 5.74) is 0.244. The molecule has 5 rings (SSSR count). The van der Waals surface area contributed by atoms with Crippen LogP contribution in [0.1, 0.15) is 61.8 Å². The molecular weight excluding hydrogens is 495 g/mol. The molecule has 3 aliphatic rings. The third-order valence-corrected chi connectivity index (χ3v) is 8.41. The fourth-order valence-electron chi connectivity index (χ4n) is 6.07. The second kappa shape index (κ2) is 10.8. The predicted molar refractivity (Wildman–Crippen MR) is 137 cm³/mol. The Bertz CT molecular complexity index is 1110. The van der Waals surface area contributed by atoms with E-state index in [1.807, 2.05) is 28.9 Å². The average molecular weight is 532 g/mol. The van der Waals surface area contributed by atoms with Gasteiger partial charge in [-0.25, -0.2) is 4.98 Å². The van der Waals surface area contributed by atoms with E-state index in [9.17, 15) is 23.1 Å². The summed E-state index contributed by atoms with van der Waals surface area (Å²) < 4.78 is 39.2. The van der Waals surface area contributed by atoms with Gasteiger partial charge in [0.05, 0.1) is 11.3 Å². The molecule has 2 aromatic rings. The number of alkyl halides is 3. The first kappa shape index (κ1) is 26.9. The normalized spacial score (nSPS) is 27.1. The van der Waals surface area contributed by atoms with E-state index in [-0.39, 0.29) is 17.9 Å². The van der Waals surface area contributed by atoms with Gasteiger partial charge in [0, 0.05) is 56.6 Å². The van der Waals surface area contributed by atoms with Gasteiger partial charge in [0.15, 0.2) is 0 Å². The lowest BCUT2D eigenvalue weighted by Gasteiger charge is -2.37. The van der Waals surface area contributed by atoms with Crippen LogP contribution in [-0.2, 0) is 16.6 Å². The first-order valence-corrected chi connectivity index (χ1v) is 13.6. The Morgan fingerprint density at radius 3 is 2.42 bits per heavy atom. The van der Waals surface area contributed by atoms with E-state index in [4.69, 9.17) is 0 Å². The highest BCUT2D eigenvalue weighted by atomic mass is 19.4. The van der Waals surface area contributed by atoms with Gasteiger partial charge in [0.1, 0.15) is 11.4 Å². The molecule has 38 heavy (non-hydrogen) atoms. The molecule has 2 aliphatic heterocycles. The number of aromatic nitrogens is 2. The van der Waals surface area contributed by atoms with Crippen molar-refractivity contribution >= 4 is 11.7 Å². The molecule has 0 bridgehead atoms. The molecule has 10 heteroatoms. The Hall–Kier alpha value is -2.72. The van der Waals surface area contributed by atoms with Gasteiger partial charge < -0.3 is 20.2 Å². The van der Waals surface area contributed by atoms with Crippen molar-refractivity contribution in [2.45, 2.75) is 75.7 Å². The first-order valence-electron chi connectivity index (χ1n) is 13.6. The maximum atomic E-state index is 13.2. The number of rotatable bonds is 5. The molecule has 2 aromatic heterocycles. The molecule has 2 N–H and O–H groups in total. The molecule has 4 heterocycles. The first-order chi connectivity index (χ1) is 18.1. The summed E-state index contributed by atoms with van der Waals surface area (Å²) in [6.45, 7) is 4.41. The van der Waals surface area contributed by atoms with Crippen LogP contribution < -0.4 is 10.2 Å². The van der Waals surface area contributed by atoms with Crippen LogP contribution in [0.2, 0.25) is 0 Å². The van der Waals surface area contributed by atoms with Crippen LogP contribution in [0, 0.1) is 12.8 Å². The van der Waals surface area contributed by atoms with Crippen molar-refractivity contribution in [3.05, 3.63) is 53.5 Å². The Kier molecular flexibility index (Phi) is 7.64. The molecule has 2 saturated heterocycles. The maximum Gasteiger partial charge on any atom is 0.416 e. The summed E-state index contributed by atoms with van der Waals surface area (Å²) in [5, 5.41) is 14.8. The summed E-state index contributed by atoms with van der Waals surface area (Å²) in [4.78, 5) is 25.6. The minimum atomic E-state index is -4.40. The molecule has 0 spiro atoms. The highest BCUT2D eigenvalue weighted by Gasteiger charge is 2.38. The van der Waals surface area contributed by atoms with Gasteiger partial charge in [-0.05, 0) is 75.6 Å². The van der Waals surface area contributed by atoms with Crippen LogP contribution in [0.25, 0.3) is 0 Å². The topological polar surface area (TPSA) is 81.6 Å². The second-order valence-corrected chi connectivity index (χ2v) is 11.1. The molecule has 1 aliphatic carbocycles. The van der Waals surface area contributed by atoms with Gasteiger partial charge in [-0.3, -0.25) is 9.78 Å². The predicted octanol–water partition coefficient (Wildman–Crippen LogP) is 4.04. The Balaban J connectivity index is 1.07. The molecule has 1 saturated carbocycles. The minimum Gasteiger partial charge on any atom is -0.384 e. The molecule has 206 valence electrons. The number of nitrogens with one attached hydrogen (secondary N) is 1. The second-order valence-electron chi connectivity index (χ2n) is 11.1. The van der Waals surface area contributed by atoms with Crippen LogP contribution in [0.5, 0.6) is 0 Å². The van der Waals surface area contributed by atoms with Crippen molar-refractivity contribution in [2.75, 3.05) is 31.1 Å². The van der Waals surface area contributed by atoms with Crippen molar-refractivity contribution in [3.8, 4) is 0 Å². The minimum absolute atomic E-state index is 0.109. The van der Waals surface area contributed by atoms with E-state index in [0.717, 1.165) is 49.2 Å². The van der Waals surface area contributed by atoms with E-state index in [0.29, 0.717) is 57.2 Å². The number of likely N-dealkylation sites (tertiary alicyclic amines) is 1. The van der Waals surface area contributed by atoms with Crippen LogP contribution >= 0.6 is 0 Å². The summed E-state index contributed by atoms with van der Waals surface area (Å²) in [5.74, 6) is 0.352. The van der Waals surface area contributed by atoms with Crippen molar-refractivity contribution in [1.29, 1.82) is 0 Å². The standard InChI is InChI=1S/C28H36F3N5O2/c1-19-2-3-24(33-17-19)27(38)10-4-22(5-11-27)34-23-9-15-36(18-23)26(37)20-7-13-35(14-8-20)25-16-21(6-12-32-25)28(29,30)31/h2-3,6,12,16-17,20,22-23,34,38H,4-5,7-11,13-15,18H2,1H3/t22?,23-,27?/m0/s1. The van der Waals surface area contributed by atoms with Gasteiger partial charge in [-0.1, -0.05) is 6.07 Å². The zero-order valence-electron chi connectivity index (χ0n) is 21.8. The van der Waals surface area contributed by atoms with Gasteiger partial charge in [0.2, 0.25) is 5.91 Å². The zero-order valence-corrected chi connectivity index (χ0v) is 21.8. The number of aryl methyl sites for hydroxylation is 1. The summed E-state index contributed by atoms with van der Waals surface area (Å²) in [7, 11) is 0. The maximum absolute atomic E-state index is 13.2. The SMILES string of the molecule is Cc1ccc(C2(O)CCC(N[C@H]3CCN(C(=O)C4CCN(c5cc(C(F)(F)F)ccn5)CC4)C3)CC2)nc1. The van der Waals surface area contributed by atoms with E-state index < -0.39 is 17.3 Å². The number of carbonyl (C=O) groups is 1. The number of piperidine rings is 1. The third kappa shape index (κ3) is 5.96. The molecule has 1 amide bonds. The molecule has 0 aromatic carbocycles. The number of pyridine rings is 2. The van der Waals surface area contributed by atoms with Crippen molar-refractivity contribution in [1.82, 2.24) is 20.2 Å². The quantitative estimate of drug-likeness (QED) is 0.606. The highest BCUT2D eigenvalue weighted by Crippen LogP contribution is 2.37. The van der Waals surface area contributed by atoms with E-state index >= 15 is 0 Å².